The Kier molecular flexibility index (Phi) is 7.35. The molecule has 0 bridgehead atoms. The lowest BCUT2D eigenvalue weighted by molar-refractivity contribution is -0.165. The lowest BCUT2D eigenvalue weighted by atomic mass is 9.88. The van der Waals surface area contributed by atoms with Crippen molar-refractivity contribution in [3.05, 3.63) is 47.7 Å². The maximum atomic E-state index is 12.3. The molecule has 9 heteroatoms. The molecule has 6 nitrogen and oxygen atoms in total. The highest BCUT2D eigenvalue weighted by Gasteiger charge is 2.36. The van der Waals surface area contributed by atoms with Gasteiger partial charge in [0.1, 0.15) is 0 Å². The predicted octanol–water partition coefficient (Wildman–Crippen LogP) is 3.08. The molecular weight excluding hydrogens is 413 g/mol. The smallest absolute Gasteiger partial charge is 0.454 e. The summed E-state index contributed by atoms with van der Waals surface area (Å²) < 4.78 is 41.8. The molecule has 1 aromatic rings. The number of ether oxygens (including phenoxy) is 1. The number of benzene rings is 1. The average molecular weight is 438 g/mol. The van der Waals surface area contributed by atoms with Crippen LogP contribution in [0.5, 0.6) is 0 Å². The summed E-state index contributed by atoms with van der Waals surface area (Å²) in [6, 6.07) is 7.86. The largest absolute Gasteiger partial charge is 0.455 e. The van der Waals surface area contributed by atoms with Gasteiger partial charge in [0, 0.05) is 25.4 Å². The van der Waals surface area contributed by atoms with Crippen LogP contribution in [0.4, 0.5) is 13.2 Å². The van der Waals surface area contributed by atoms with Crippen LogP contribution < -0.4 is 5.32 Å². The zero-order valence-corrected chi connectivity index (χ0v) is 17.0. The molecule has 1 heterocycles. The van der Waals surface area contributed by atoms with Crippen LogP contribution >= 0.6 is 0 Å². The molecular formula is C22H25F3N2O4. The van der Waals surface area contributed by atoms with Gasteiger partial charge in [0.2, 0.25) is 0 Å². The van der Waals surface area contributed by atoms with Crippen LogP contribution in [0.25, 0.3) is 0 Å². The molecule has 0 aromatic heterocycles. The van der Waals surface area contributed by atoms with Crippen LogP contribution in [0.3, 0.4) is 0 Å². The summed E-state index contributed by atoms with van der Waals surface area (Å²) in [6.07, 6.45) is 0.249. The Balaban J connectivity index is 1.40. The number of aryl methyl sites for hydroxylation is 1. The third-order valence-electron chi connectivity index (χ3n) is 5.63. The van der Waals surface area contributed by atoms with Gasteiger partial charge in [-0.3, -0.25) is 14.4 Å². The van der Waals surface area contributed by atoms with Crippen molar-refractivity contribution in [1.82, 2.24) is 10.2 Å². The minimum atomic E-state index is -4.89. The van der Waals surface area contributed by atoms with E-state index >= 15 is 0 Å². The molecule has 1 aromatic carbocycles. The number of piperidine rings is 1. The highest BCUT2D eigenvalue weighted by Crippen LogP contribution is 2.29. The van der Waals surface area contributed by atoms with Crippen molar-refractivity contribution in [3.8, 4) is 0 Å². The van der Waals surface area contributed by atoms with E-state index in [1.54, 1.807) is 4.90 Å². The maximum absolute atomic E-state index is 12.3. The van der Waals surface area contributed by atoms with Crippen molar-refractivity contribution >= 4 is 17.7 Å². The van der Waals surface area contributed by atoms with Crippen molar-refractivity contribution in [3.63, 3.8) is 0 Å². The SMILES string of the molecule is O=C(COC(=O)C1CCN(/C=C/C(=O)C(F)(F)F)CC1)N[C@H]1CCCc2ccccc21. The summed E-state index contributed by atoms with van der Waals surface area (Å²) in [6.45, 7) is 0.288. The Morgan fingerprint density at radius 2 is 1.84 bits per heavy atom. The number of amides is 1. The minimum Gasteiger partial charge on any atom is -0.455 e. The molecule has 2 aliphatic rings. The fourth-order valence-corrected chi connectivity index (χ4v) is 3.95. The Morgan fingerprint density at radius 3 is 2.55 bits per heavy atom. The highest BCUT2D eigenvalue weighted by atomic mass is 19.4. The number of nitrogens with zero attached hydrogens (tertiary/aromatic N) is 1. The molecule has 31 heavy (non-hydrogen) atoms. The van der Waals surface area contributed by atoms with Crippen LogP contribution in [-0.4, -0.2) is 48.4 Å². The summed E-state index contributed by atoms with van der Waals surface area (Å²) in [4.78, 5) is 37.0. The number of allylic oxidation sites excluding steroid dienone is 1. The van der Waals surface area contributed by atoms with E-state index in [9.17, 15) is 27.6 Å². The minimum absolute atomic E-state index is 0.0920. The fraction of sp³-hybridized carbons (Fsp3) is 0.500. The van der Waals surface area contributed by atoms with Crippen molar-refractivity contribution < 1.29 is 32.3 Å². The third kappa shape index (κ3) is 6.32. The number of halogens is 3. The molecule has 168 valence electrons. The molecule has 0 spiro atoms. The van der Waals surface area contributed by atoms with Gasteiger partial charge in [0.15, 0.2) is 6.61 Å². The molecule has 3 rings (SSSR count). The number of fused-ring (bicyclic) bond motifs is 1. The Bertz CT molecular complexity index is 845. The Labute approximate surface area is 178 Å². The maximum Gasteiger partial charge on any atom is 0.454 e. The summed E-state index contributed by atoms with van der Waals surface area (Å²) in [5.74, 6) is -3.19. The predicted molar refractivity (Wildman–Crippen MR) is 106 cm³/mol. The molecule has 0 unspecified atom stereocenters. The second kappa shape index (κ2) is 9.98. The number of hydrogen-bond acceptors (Lipinski definition) is 5. The van der Waals surface area contributed by atoms with Crippen molar-refractivity contribution in [2.24, 2.45) is 5.92 Å². The molecule has 0 radical (unpaired) electrons. The first kappa shape index (κ1) is 22.8. The van der Waals surface area contributed by atoms with Gasteiger partial charge in [-0.15, -0.1) is 0 Å². The second-order valence-electron chi connectivity index (χ2n) is 7.81. The molecule has 0 saturated carbocycles. The van der Waals surface area contributed by atoms with Gasteiger partial charge in [-0.05, 0) is 43.2 Å². The average Bonchev–Trinajstić information content (AvgIpc) is 2.75. The number of likely N-dealkylation sites (tertiary alicyclic amines) is 1. The first-order valence-corrected chi connectivity index (χ1v) is 10.3. The van der Waals surface area contributed by atoms with Gasteiger partial charge in [0.25, 0.3) is 11.7 Å². The number of rotatable bonds is 6. The van der Waals surface area contributed by atoms with Crippen LogP contribution in [-0.2, 0) is 25.5 Å². The van der Waals surface area contributed by atoms with E-state index in [2.05, 4.69) is 5.32 Å². The van der Waals surface area contributed by atoms with E-state index in [0.717, 1.165) is 31.0 Å². The lowest BCUT2D eigenvalue weighted by Gasteiger charge is -2.30. The van der Waals surface area contributed by atoms with Gasteiger partial charge < -0.3 is 15.0 Å². The topological polar surface area (TPSA) is 75.7 Å². The van der Waals surface area contributed by atoms with Crippen molar-refractivity contribution in [1.29, 1.82) is 0 Å². The van der Waals surface area contributed by atoms with E-state index in [4.69, 9.17) is 4.74 Å². The molecule has 1 fully saturated rings. The van der Waals surface area contributed by atoms with E-state index in [1.807, 2.05) is 24.3 Å². The van der Waals surface area contributed by atoms with Gasteiger partial charge >= 0.3 is 12.1 Å². The standard InChI is InChI=1S/C22H25F3N2O4/c23-22(24,25)19(28)10-13-27-11-8-16(9-12-27)21(30)31-14-20(29)26-18-7-3-5-15-4-1-2-6-17(15)18/h1-2,4,6,10,13,16,18H,3,5,7-9,11-12,14H2,(H,26,29)/b13-10+/t18-/m0/s1. The summed E-state index contributed by atoms with van der Waals surface area (Å²) >= 11 is 0. The molecule has 1 atom stereocenters. The molecule has 1 aliphatic carbocycles. The van der Waals surface area contributed by atoms with E-state index < -0.39 is 23.8 Å². The van der Waals surface area contributed by atoms with Crippen molar-refractivity contribution in [2.75, 3.05) is 19.7 Å². The van der Waals surface area contributed by atoms with Gasteiger partial charge in [-0.1, -0.05) is 24.3 Å². The van der Waals surface area contributed by atoms with E-state index in [1.165, 1.54) is 5.56 Å². The number of nitrogens with one attached hydrogen (secondary N) is 1. The van der Waals surface area contributed by atoms with E-state index in [0.29, 0.717) is 32.0 Å². The van der Waals surface area contributed by atoms with Crippen LogP contribution in [0.2, 0.25) is 0 Å². The normalized spacial score (nSPS) is 19.7. The Morgan fingerprint density at radius 1 is 1.13 bits per heavy atom. The first-order chi connectivity index (χ1) is 14.7. The molecule has 1 amide bonds. The number of esters is 1. The quantitative estimate of drug-likeness (QED) is 0.546. The summed E-state index contributed by atoms with van der Waals surface area (Å²) in [5.41, 5.74) is 2.31. The van der Waals surface area contributed by atoms with Gasteiger partial charge in [-0.2, -0.15) is 13.2 Å². The summed E-state index contributed by atoms with van der Waals surface area (Å²) in [7, 11) is 0. The fourth-order valence-electron chi connectivity index (χ4n) is 3.95. The second-order valence-corrected chi connectivity index (χ2v) is 7.81. The zero-order chi connectivity index (χ0) is 22.4. The molecule has 1 aliphatic heterocycles. The van der Waals surface area contributed by atoms with E-state index in [-0.39, 0.29) is 18.6 Å². The monoisotopic (exact) mass is 438 g/mol. The lowest BCUT2D eigenvalue weighted by Crippen LogP contribution is -2.37. The number of alkyl halides is 3. The number of carbonyl (C=O) groups excluding carboxylic acids is 3. The number of hydrogen-bond donors (Lipinski definition) is 1. The van der Waals surface area contributed by atoms with Crippen LogP contribution in [0, 0.1) is 5.92 Å². The van der Waals surface area contributed by atoms with Crippen molar-refractivity contribution in [2.45, 2.75) is 44.3 Å². The highest BCUT2D eigenvalue weighted by molar-refractivity contribution is 5.94. The first-order valence-electron chi connectivity index (χ1n) is 10.3. The van der Waals surface area contributed by atoms with Crippen LogP contribution in [0.1, 0.15) is 42.9 Å². The third-order valence-corrected chi connectivity index (χ3v) is 5.63. The molecule has 1 saturated heterocycles. The van der Waals surface area contributed by atoms with Gasteiger partial charge in [0.05, 0.1) is 12.0 Å². The number of carbonyl (C=O) groups is 3. The molecule has 1 N–H and O–H groups in total. The zero-order valence-electron chi connectivity index (χ0n) is 17.0. The Hall–Kier alpha value is -2.84. The van der Waals surface area contributed by atoms with Crippen LogP contribution in [0.15, 0.2) is 36.5 Å². The summed E-state index contributed by atoms with van der Waals surface area (Å²) in [5, 5.41) is 2.92. The van der Waals surface area contributed by atoms with Gasteiger partial charge in [-0.25, -0.2) is 0 Å². The number of ketones is 1.